The van der Waals surface area contributed by atoms with E-state index in [1.54, 1.807) is 0 Å². The summed E-state index contributed by atoms with van der Waals surface area (Å²) in [6.45, 7) is 9.26. The highest BCUT2D eigenvalue weighted by molar-refractivity contribution is 5.41. The minimum Gasteiger partial charge on any atom is -0.493 e. The molecular weight excluding hydrogens is 250 g/mol. The summed E-state index contributed by atoms with van der Waals surface area (Å²) in [6, 6.07) is 4.29. The third-order valence-corrected chi connectivity index (χ3v) is 4.10. The van der Waals surface area contributed by atoms with Crippen LogP contribution in [0.3, 0.4) is 0 Å². The summed E-state index contributed by atoms with van der Waals surface area (Å²) < 4.78 is 5.90. The van der Waals surface area contributed by atoms with Crippen molar-refractivity contribution < 1.29 is 9.84 Å². The quantitative estimate of drug-likeness (QED) is 0.718. The molecule has 0 aliphatic carbocycles. The van der Waals surface area contributed by atoms with Crippen LogP contribution >= 0.6 is 0 Å². The van der Waals surface area contributed by atoms with E-state index in [0.29, 0.717) is 0 Å². The molecular formula is C17H29NO2. The number of aliphatic hydroxyl groups excluding tert-OH is 1. The summed E-state index contributed by atoms with van der Waals surface area (Å²) in [5, 5.41) is 12.5. The van der Waals surface area contributed by atoms with Crippen LogP contribution in [0.1, 0.15) is 42.9 Å². The lowest BCUT2D eigenvalue weighted by molar-refractivity contribution is 0.168. The molecule has 0 spiro atoms. The number of aliphatic hydroxyl groups is 1. The van der Waals surface area contributed by atoms with Crippen LogP contribution in [0.15, 0.2) is 12.1 Å². The summed E-state index contributed by atoms with van der Waals surface area (Å²) in [4.78, 5) is 0. The van der Waals surface area contributed by atoms with Gasteiger partial charge in [0.1, 0.15) is 5.75 Å². The van der Waals surface area contributed by atoms with Crippen LogP contribution in [-0.2, 0) is 0 Å². The maximum absolute atomic E-state index is 9.32. The first-order valence-electron chi connectivity index (χ1n) is 7.42. The first-order valence-corrected chi connectivity index (χ1v) is 7.42. The van der Waals surface area contributed by atoms with Gasteiger partial charge in [0.15, 0.2) is 0 Å². The molecule has 1 rings (SSSR count). The summed E-state index contributed by atoms with van der Waals surface area (Å²) in [5.41, 5.74) is 3.58. The molecule has 20 heavy (non-hydrogen) atoms. The number of aryl methyl sites for hydroxylation is 2. The Bertz CT molecular complexity index is 425. The fourth-order valence-electron chi connectivity index (χ4n) is 2.23. The Morgan fingerprint density at radius 3 is 2.50 bits per heavy atom. The molecule has 0 fully saturated rings. The summed E-state index contributed by atoms with van der Waals surface area (Å²) in [7, 11) is 1.89. The topological polar surface area (TPSA) is 41.5 Å². The van der Waals surface area contributed by atoms with Gasteiger partial charge in [0.05, 0.1) is 13.2 Å². The molecule has 1 atom stereocenters. The number of hydrogen-bond donors (Lipinski definition) is 2. The van der Waals surface area contributed by atoms with Crippen LogP contribution in [-0.4, -0.2) is 30.9 Å². The smallest absolute Gasteiger partial charge is 0.122 e. The Kier molecular flexibility index (Phi) is 6.50. The number of nitrogens with one attached hydrogen (secondary N) is 1. The van der Waals surface area contributed by atoms with E-state index in [0.717, 1.165) is 31.6 Å². The molecule has 0 bridgehead atoms. The fraction of sp³-hybridized carbons (Fsp3) is 0.647. The van der Waals surface area contributed by atoms with Crippen molar-refractivity contribution in [1.82, 2.24) is 5.32 Å². The van der Waals surface area contributed by atoms with Gasteiger partial charge in [0, 0.05) is 5.54 Å². The maximum Gasteiger partial charge on any atom is 0.122 e. The molecule has 0 aliphatic rings. The second kappa shape index (κ2) is 7.65. The van der Waals surface area contributed by atoms with Crippen LogP contribution in [0.2, 0.25) is 0 Å². The predicted molar refractivity (Wildman–Crippen MR) is 84.5 cm³/mol. The van der Waals surface area contributed by atoms with Gasteiger partial charge < -0.3 is 15.2 Å². The first-order chi connectivity index (χ1) is 9.41. The zero-order valence-electron chi connectivity index (χ0n) is 13.5. The Hall–Kier alpha value is -1.06. The van der Waals surface area contributed by atoms with Gasteiger partial charge in [-0.1, -0.05) is 6.07 Å². The van der Waals surface area contributed by atoms with Crippen molar-refractivity contribution in [1.29, 1.82) is 0 Å². The average Bonchev–Trinajstić information content (AvgIpc) is 2.43. The summed E-state index contributed by atoms with van der Waals surface area (Å²) in [6.07, 6.45) is 3.00. The Morgan fingerprint density at radius 2 is 1.90 bits per heavy atom. The first kappa shape index (κ1) is 17.0. The van der Waals surface area contributed by atoms with E-state index in [9.17, 15) is 5.11 Å². The van der Waals surface area contributed by atoms with Crippen molar-refractivity contribution in [3.8, 4) is 5.75 Å². The van der Waals surface area contributed by atoms with Gasteiger partial charge in [0.25, 0.3) is 0 Å². The molecule has 0 saturated heterocycles. The van der Waals surface area contributed by atoms with Crippen molar-refractivity contribution in [2.45, 2.75) is 52.5 Å². The highest BCUT2D eigenvalue weighted by Gasteiger charge is 2.19. The summed E-state index contributed by atoms with van der Waals surface area (Å²) >= 11 is 0. The van der Waals surface area contributed by atoms with E-state index in [-0.39, 0.29) is 12.1 Å². The van der Waals surface area contributed by atoms with Crippen molar-refractivity contribution >= 4 is 0 Å². The van der Waals surface area contributed by atoms with E-state index in [2.05, 4.69) is 38.2 Å². The standard InChI is InChI=1S/C17H29NO2/c1-13-10-14(2)15(3)16(11-13)20-9-7-6-8-17(4,12-19)18-5/h10-11,18-19H,6-9,12H2,1-5H3. The van der Waals surface area contributed by atoms with Gasteiger partial charge in [-0.25, -0.2) is 0 Å². The molecule has 0 amide bonds. The SMILES string of the molecule is CNC(C)(CO)CCCCOc1cc(C)cc(C)c1C. The van der Waals surface area contributed by atoms with Crippen LogP contribution < -0.4 is 10.1 Å². The van der Waals surface area contributed by atoms with Crippen molar-refractivity contribution in [3.05, 3.63) is 28.8 Å². The van der Waals surface area contributed by atoms with Gasteiger partial charge in [-0.05, 0) is 76.8 Å². The van der Waals surface area contributed by atoms with Crippen LogP contribution in [0.25, 0.3) is 0 Å². The largest absolute Gasteiger partial charge is 0.493 e. The number of likely N-dealkylation sites (N-methyl/N-ethyl adjacent to an activating group) is 1. The third-order valence-electron chi connectivity index (χ3n) is 4.10. The lowest BCUT2D eigenvalue weighted by atomic mass is 9.96. The second-order valence-electron chi connectivity index (χ2n) is 5.98. The maximum atomic E-state index is 9.32. The van der Waals surface area contributed by atoms with E-state index < -0.39 is 0 Å². The minimum atomic E-state index is -0.171. The highest BCUT2D eigenvalue weighted by Crippen LogP contribution is 2.23. The van der Waals surface area contributed by atoms with Crippen LogP contribution in [0, 0.1) is 20.8 Å². The van der Waals surface area contributed by atoms with Crippen molar-refractivity contribution in [2.75, 3.05) is 20.3 Å². The molecule has 0 aliphatic heterocycles. The number of ether oxygens (including phenoxy) is 1. The average molecular weight is 279 g/mol. The number of unbranched alkanes of at least 4 members (excludes halogenated alkanes) is 1. The van der Waals surface area contributed by atoms with Gasteiger partial charge in [-0.3, -0.25) is 0 Å². The van der Waals surface area contributed by atoms with Crippen molar-refractivity contribution in [3.63, 3.8) is 0 Å². The third kappa shape index (κ3) is 4.80. The number of benzene rings is 1. The Labute approximate surface area is 123 Å². The fourth-order valence-corrected chi connectivity index (χ4v) is 2.23. The molecule has 0 aromatic heterocycles. The molecule has 3 heteroatoms. The lowest BCUT2D eigenvalue weighted by Gasteiger charge is -2.26. The molecule has 114 valence electrons. The number of hydrogen-bond acceptors (Lipinski definition) is 3. The van der Waals surface area contributed by atoms with E-state index in [1.807, 2.05) is 14.0 Å². The predicted octanol–water partition coefficient (Wildman–Crippen LogP) is 3.13. The number of rotatable bonds is 8. The molecule has 1 unspecified atom stereocenters. The van der Waals surface area contributed by atoms with E-state index >= 15 is 0 Å². The molecule has 2 N–H and O–H groups in total. The molecule has 0 radical (unpaired) electrons. The second-order valence-corrected chi connectivity index (χ2v) is 5.98. The van der Waals surface area contributed by atoms with Gasteiger partial charge >= 0.3 is 0 Å². The molecule has 0 heterocycles. The molecule has 1 aromatic rings. The molecule has 1 aromatic carbocycles. The molecule has 3 nitrogen and oxygen atoms in total. The zero-order valence-corrected chi connectivity index (χ0v) is 13.5. The monoisotopic (exact) mass is 279 g/mol. The van der Waals surface area contributed by atoms with Crippen LogP contribution in [0.5, 0.6) is 5.75 Å². The zero-order chi connectivity index (χ0) is 15.2. The van der Waals surface area contributed by atoms with Gasteiger partial charge in [-0.2, -0.15) is 0 Å². The van der Waals surface area contributed by atoms with E-state index in [4.69, 9.17) is 4.74 Å². The molecule has 0 saturated carbocycles. The highest BCUT2D eigenvalue weighted by atomic mass is 16.5. The van der Waals surface area contributed by atoms with Gasteiger partial charge in [-0.15, -0.1) is 0 Å². The van der Waals surface area contributed by atoms with Crippen LogP contribution in [0.4, 0.5) is 0 Å². The van der Waals surface area contributed by atoms with E-state index in [1.165, 1.54) is 16.7 Å². The minimum absolute atomic E-state index is 0.167. The summed E-state index contributed by atoms with van der Waals surface area (Å²) in [5.74, 6) is 1.00. The van der Waals surface area contributed by atoms with Gasteiger partial charge in [0.2, 0.25) is 0 Å². The van der Waals surface area contributed by atoms with Crippen molar-refractivity contribution in [2.24, 2.45) is 0 Å². The Morgan fingerprint density at radius 1 is 1.20 bits per heavy atom. The Balaban J connectivity index is 2.39. The normalized spacial score (nSPS) is 14.1. The lowest BCUT2D eigenvalue weighted by Crippen LogP contribution is -2.43.